The van der Waals surface area contributed by atoms with Crippen molar-refractivity contribution in [3.8, 4) is 5.75 Å². The van der Waals surface area contributed by atoms with Crippen LogP contribution in [0.1, 0.15) is 32.3 Å². The van der Waals surface area contributed by atoms with Crippen molar-refractivity contribution in [1.29, 1.82) is 0 Å². The van der Waals surface area contributed by atoms with Crippen LogP contribution in [0.3, 0.4) is 0 Å². The fraction of sp³-hybridized carbons (Fsp3) is 0.667. The van der Waals surface area contributed by atoms with Gasteiger partial charge < -0.3 is 4.74 Å². The van der Waals surface area contributed by atoms with Crippen molar-refractivity contribution in [2.45, 2.75) is 38.5 Å². The summed E-state index contributed by atoms with van der Waals surface area (Å²) in [5.74, 6) is -0.789. The maximum absolute atomic E-state index is 13.7. The summed E-state index contributed by atoms with van der Waals surface area (Å²) < 4.78 is 80.3. The summed E-state index contributed by atoms with van der Waals surface area (Å²) in [4.78, 5) is 2.15. The second-order valence-corrected chi connectivity index (χ2v) is 10.4. The number of sulfone groups is 1. The molecule has 0 amide bonds. The fourth-order valence-electron chi connectivity index (χ4n) is 4.04. The lowest BCUT2D eigenvalue weighted by molar-refractivity contribution is -0.140. The molecule has 3 rings (SSSR count). The van der Waals surface area contributed by atoms with Gasteiger partial charge in [0.25, 0.3) is 0 Å². The standard InChI is InChI=1S/C18H23F4NO3S/c1-16(2,26-13-3-4-14(15(19)9-13)18(20,21)22)10-23-7-5-17(6-8-23)11-27(24,25)12-17/h3-4,9H,5-8,10-12H2,1-2H3. The lowest BCUT2D eigenvalue weighted by Crippen LogP contribution is -2.56. The van der Waals surface area contributed by atoms with Gasteiger partial charge in [-0.05, 0) is 51.9 Å². The molecule has 0 aliphatic carbocycles. The van der Waals surface area contributed by atoms with E-state index in [-0.39, 0.29) is 22.7 Å². The molecule has 0 bridgehead atoms. The number of hydrogen-bond donors (Lipinski definition) is 0. The number of hydrogen-bond acceptors (Lipinski definition) is 4. The monoisotopic (exact) mass is 409 g/mol. The molecule has 0 aromatic heterocycles. The summed E-state index contributed by atoms with van der Waals surface area (Å²) in [6, 6.07) is 2.56. The molecule has 2 aliphatic heterocycles. The van der Waals surface area contributed by atoms with Crippen molar-refractivity contribution in [1.82, 2.24) is 4.90 Å². The Hall–Kier alpha value is -1.35. The van der Waals surface area contributed by atoms with E-state index in [1.807, 2.05) is 0 Å². The van der Waals surface area contributed by atoms with Crippen molar-refractivity contribution >= 4 is 9.84 Å². The SMILES string of the molecule is CC(C)(CN1CCC2(CC1)CS(=O)(=O)C2)Oc1ccc(C(F)(F)F)c(F)c1. The second-order valence-electron chi connectivity index (χ2n) is 8.31. The molecular weight excluding hydrogens is 386 g/mol. The Balaban J connectivity index is 1.57. The first-order valence-corrected chi connectivity index (χ1v) is 10.6. The minimum Gasteiger partial charge on any atom is -0.486 e. The van der Waals surface area contributed by atoms with Crippen LogP contribution >= 0.6 is 0 Å². The molecule has 0 radical (unpaired) electrons. The Morgan fingerprint density at radius 2 is 1.74 bits per heavy atom. The molecule has 4 nitrogen and oxygen atoms in total. The Bertz CT molecular complexity index is 798. The number of alkyl halides is 3. The number of piperidine rings is 1. The molecule has 152 valence electrons. The van der Waals surface area contributed by atoms with Crippen LogP contribution in [-0.2, 0) is 16.0 Å². The third-order valence-electron chi connectivity index (χ3n) is 5.21. The Kier molecular flexibility index (Phi) is 5.00. The molecule has 1 aromatic carbocycles. The van der Waals surface area contributed by atoms with Crippen LogP contribution in [0.25, 0.3) is 0 Å². The van der Waals surface area contributed by atoms with E-state index >= 15 is 0 Å². The van der Waals surface area contributed by atoms with Gasteiger partial charge in [-0.15, -0.1) is 0 Å². The molecule has 1 spiro atoms. The van der Waals surface area contributed by atoms with E-state index in [9.17, 15) is 26.0 Å². The summed E-state index contributed by atoms with van der Waals surface area (Å²) in [5.41, 5.74) is -2.14. The maximum atomic E-state index is 13.7. The van der Waals surface area contributed by atoms with Crippen molar-refractivity contribution < 1.29 is 30.7 Å². The summed E-state index contributed by atoms with van der Waals surface area (Å²) in [7, 11) is -2.86. The Labute approximate surface area is 156 Å². The van der Waals surface area contributed by atoms with Crippen LogP contribution in [0.2, 0.25) is 0 Å². The minimum atomic E-state index is -4.74. The van der Waals surface area contributed by atoms with Gasteiger partial charge in [0.1, 0.15) is 17.2 Å². The lowest BCUT2D eigenvalue weighted by Gasteiger charge is -2.48. The van der Waals surface area contributed by atoms with Gasteiger partial charge in [0.05, 0.1) is 17.1 Å². The van der Waals surface area contributed by atoms with E-state index in [2.05, 4.69) is 4.90 Å². The zero-order valence-electron chi connectivity index (χ0n) is 15.3. The van der Waals surface area contributed by atoms with E-state index in [4.69, 9.17) is 4.74 Å². The lowest BCUT2D eigenvalue weighted by atomic mass is 9.81. The average molecular weight is 409 g/mol. The zero-order chi connectivity index (χ0) is 20.1. The number of likely N-dealkylation sites (tertiary alicyclic amines) is 1. The molecule has 9 heteroatoms. The van der Waals surface area contributed by atoms with Crippen LogP contribution in [0.4, 0.5) is 17.6 Å². The van der Waals surface area contributed by atoms with Gasteiger partial charge in [0.15, 0.2) is 9.84 Å². The van der Waals surface area contributed by atoms with Gasteiger partial charge in [-0.2, -0.15) is 13.2 Å². The highest BCUT2D eigenvalue weighted by atomic mass is 32.2. The van der Waals surface area contributed by atoms with Crippen molar-refractivity contribution in [3.05, 3.63) is 29.6 Å². The number of rotatable bonds is 4. The van der Waals surface area contributed by atoms with Crippen molar-refractivity contribution in [2.24, 2.45) is 5.41 Å². The average Bonchev–Trinajstić information content (AvgIpc) is 2.45. The molecule has 2 saturated heterocycles. The minimum absolute atomic E-state index is 0.0454. The van der Waals surface area contributed by atoms with Crippen LogP contribution in [-0.4, -0.2) is 50.1 Å². The first-order chi connectivity index (χ1) is 12.3. The van der Waals surface area contributed by atoms with Gasteiger partial charge in [0.2, 0.25) is 0 Å². The molecule has 27 heavy (non-hydrogen) atoms. The largest absolute Gasteiger partial charge is 0.486 e. The van der Waals surface area contributed by atoms with Crippen LogP contribution in [0.15, 0.2) is 18.2 Å². The number of ether oxygens (including phenoxy) is 1. The van der Waals surface area contributed by atoms with E-state index < -0.39 is 33.0 Å². The van der Waals surface area contributed by atoms with Crippen LogP contribution in [0.5, 0.6) is 5.75 Å². The molecule has 2 fully saturated rings. The van der Waals surface area contributed by atoms with E-state index in [1.165, 1.54) is 0 Å². The highest BCUT2D eigenvalue weighted by Crippen LogP contribution is 2.42. The van der Waals surface area contributed by atoms with E-state index in [0.29, 0.717) is 12.6 Å². The third-order valence-corrected chi connectivity index (χ3v) is 7.32. The molecule has 0 unspecified atom stereocenters. The van der Waals surface area contributed by atoms with Gasteiger partial charge in [0, 0.05) is 18.0 Å². The van der Waals surface area contributed by atoms with Crippen LogP contribution in [0, 0.1) is 11.2 Å². The predicted octanol–water partition coefficient (Wildman–Crippen LogP) is 3.51. The summed E-state index contributed by atoms with van der Waals surface area (Å²) >= 11 is 0. The van der Waals surface area contributed by atoms with Crippen molar-refractivity contribution in [3.63, 3.8) is 0 Å². The van der Waals surface area contributed by atoms with Gasteiger partial charge in [-0.1, -0.05) is 0 Å². The molecule has 1 aromatic rings. The molecular formula is C18H23F4NO3S. The normalized spacial score (nSPS) is 22.4. The maximum Gasteiger partial charge on any atom is 0.419 e. The number of nitrogens with zero attached hydrogens (tertiary/aromatic N) is 1. The van der Waals surface area contributed by atoms with Crippen molar-refractivity contribution in [2.75, 3.05) is 31.1 Å². The zero-order valence-corrected chi connectivity index (χ0v) is 16.1. The van der Waals surface area contributed by atoms with E-state index in [1.54, 1.807) is 13.8 Å². The van der Waals surface area contributed by atoms with Gasteiger partial charge >= 0.3 is 6.18 Å². The third kappa shape index (κ3) is 4.74. The van der Waals surface area contributed by atoms with Crippen LogP contribution < -0.4 is 4.74 Å². The molecule has 0 N–H and O–H groups in total. The Morgan fingerprint density at radius 3 is 2.22 bits per heavy atom. The van der Waals surface area contributed by atoms with E-state index in [0.717, 1.165) is 38.1 Å². The first kappa shape index (κ1) is 20.4. The fourth-order valence-corrected chi connectivity index (χ4v) is 6.40. The summed E-state index contributed by atoms with van der Waals surface area (Å²) in [5, 5.41) is 0. The molecule has 2 heterocycles. The quantitative estimate of drug-likeness (QED) is 0.714. The summed E-state index contributed by atoms with van der Waals surface area (Å²) in [6.45, 7) is 5.58. The second kappa shape index (κ2) is 6.62. The number of benzene rings is 1. The first-order valence-electron chi connectivity index (χ1n) is 8.78. The highest BCUT2D eigenvalue weighted by molar-refractivity contribution is 7.92. The number of halogens is 4. The summed E-state index contributed by atoms with van der Waals surface area (Å²) in [6.07, 6.45) is -3.13. The smallest absolute Gasteiger partial charge is 0.419 e. The topological polar surface area (TPSA) is 46.6 Å². The molecule has 2 aliphatic rings. The predicted molar refractivity (Wildman–Crippen MR) is 92.9 cm³/mol. The van der Waals surface area contributed by atoms with Gasteiger partial charge in [-0.3, -0.25) is 4.90 Å². The highest BCUT2D eigenvalue weighted by Gasteiger charge is 2.49. The molecule has 0 saturated carbocycles. The Morgan fingerprint density at radius 1 is 1.15 bits per heavy atom. The molecule has 0 atom stereocenters. The van der Waals surface area contributed by atoms with Gasteiger partial charge in [-0.25, -0.2) is 12.8 Å².